The molecule has 110 valence electrons. The molecule has 0 aliphatic carbocycles. The zero-order valence-electron chi connectivity index (χ0n) is 11.9. The molecule has 0 unspecified atom stereocenters. The summed E-state index contributed by atoms with van der Waals surface area (Å²) in [5.74, 6) is 0.165. The molecule has 0 N–H and O–H groups in total. The Bertz CT molecular complexity index is 610. The molecule has 21 heavy (non-hydrogen) atoms. The van der Waals surface area contributed by atoms with E-state index in [1.165, 1.54) is 5.56 Å². The van der Waals surface area contributed by atoms with Crippen molar-refractivity contribution in [1.29, 1.82) is 0 Å². The molecule has 2 rings (SSSR count). The van der Waals surface area contributed by atoms with Gasteiger partial charge in [-0.2, -0.15) is 0 Å². The highest BCUT2D eigenvalue weighted by atomic mass is 79.9. The monoisotopic (exact) mass is 409 g/mol. The van der Waals surface area contributed by atoms with Gasteiger partial charge in [-0.15, -0.1) is 0 Å². The van der Waals surface area contributed by atoms with Gasteiger partial charge in [-0.25, -0.2) is 0 Å². The van der Waals surface area contributed by atoms with Gasteiger partial charge in [-0.1, -0.05) is 56.1 Å². The molecule has 0 fully saturated rings. The molecule has 0 saturated heterocycles. The largest absolute Gasteiger partial charge is 0.341 e. The van der Waals surface area contributed by atoms with Crippen molar-refractivity contribution in [2.24, 2.45) is 0 Å². The zero-order chi connectivity index (χ0) is 15.2. The predicted molar refractivity (Wildman–Crippen MR) is 93.1 cm³/mol. The van der Waals surface area contributed by atoms with Crippen molar-refractivity contribution in [1.82, 2.24) is 4.90 Å². The molecule has 0 aliphatic heterocycles. The van der Waals surface area contributed by atoms with E-state index in [1.807, 2.05) is 49.5 Å². The number of hydrogen-bond acceptors (Lipinski definition) is 1. The van der Waals surface area contributed by atoms with Gasteiger partial charge in [0.15, 0.2) is 0 Å². The van der Waals surface area contributed by atoms with Crippen LogP contribution in [0, 0.1) is 0 Å². The fourth-order valence-corrected chi connectivity index (χ4v) is 2.80. The third-order valence-corrected chi connectivity index (χ3v) is 4.30. The number of hydrogen-bond donors (Lipinski definition) is 0. The average molecular weight is 411 g/mol. The molecule has 0 atom stereocenters. The highest BCUT2D eigenvalue weighted by molar-refractivity contribution is 9.10. The van der Waals surface area contributed by atoms with Crippen molar-refractivity contribution >= 4 is 37.8 Å². The number of halogens is 2. The van der Waals surface area contributed by atoms with Crippen molar-refractivity contribution in [3.8, 4) is 0 Å². The van der Waals surface area contributed by atoms with Crippen LogP contribution in [0.4, 0.5) is 0 Å². The van der Waals surface area contributed by atoms with Gasteiger partial charge in [0.1, 0.15) is 0 Å². The van der Waals surface area contributed by atoms with E-state index in [0.29, 0.717) is 13.0 Å². The molecule has 1 amide bonds. The summed E-state index contributed by atoms with van der Waals surface area (Å²) in [6, 6.07) is 16.1. The molecular formula is C17H17Br2NO. The number of amides is 1. The highest BCUT2D eigenvalue weighted by Crippen LogP contribution is 2.15. The van der Waals surface area contributed by atoms with Gasteiger partial charge >= 0.3 is 0 Å². The second kappa shape index (κ2) is 7.76. The van der Waals surface area contributed by atoms with Crippen molar-refractivity contribution in [2.75, 3.05) is 7.05 Å². The van der Waals surface area contributed by atoms with Crippen LogP contribution in [-0.2, 0) is 17.8 Å². The predicted octanol–water partition coefficient (Wildman–Crippen LogP) is 4.80. The fraction of sp³-hybridized carbons (Fsp3) is 0.235. The van der Waals surface area contributed by atoms with Gasteiger partial charge in [0, 0.05) is 29.0 Å². The SMILES string of the molecule is CN(Cc1ccc(Br)cc1)C(=O)CCc1cccc(Br)c1. The summed E-state index contributed by atoms with van der Waals surface area (Å²) in [4.78, 5) is 14.0. The van der Waals surface area contributed by atoms with Crippen LogP contribution in [0.1, 0.15) is 17.5 Å². The van der Waals surface area contributed by atoms with E-state index in [-0.39, 0.29) is 5.91 Å². The number of benzene rings is 2. The van der Waals surface area contributed by atoms with E-state index in [9.17, 15) is 4.79 Å². The first-order valence-corrected chi connectivity index (χ1v) is 8.36. The lowest BCUT2D eigenvalue weighted by atomic mass is 10.1. The third kappa shape index (κ3) is 5.29. The molecule has 0 aliphatic rings. The van der Waals surface area contributed by atoms with Crippen LogP contribution in [-0.4, -0.2) is 17.9 Å². The Hall–Kier alpha value is -1.13. The van der Waals surface area contributed by atoms with E-state index in [1.54, 1.807) is 4.90 Å². The van der Waals surface area contributed by atoms with Crippen molar-refractivity contribution < 1.29 is 4.79 Å². The van der Waals surface area contributed by atoms with E-state index >= 15 is 0 Å². The molecule has 0 aromatic heterocycles. The molecule has 2 aromatic rings. The summed E-state index contributed by atoms with van der Waals surface area (Å²) < 4.78 is 2.10. The number of aryl methyl sites for hydroxylation is 1. The lowest BCUT2D eigenvalue weighted by molar-refractivity contribution is -0.130. The van der Waals surface area contributed by atoms with Gasteiger partial charge in [-0.3, -0.25) is 4.79 Å². The minimum absolute atomic E-state index is 0.165. The Morgan fingerprint density at radius 1 is 1.00 bits per heavy atom. The summed E-state index contributed by atoms with van der Waals surface area (Å²) in [6.45, 7) is 0.643. The molecular weight excluding hydrogens is 394 g/mol. The Morgan fingerprint density at radius 2 is 1.71 bits per heavy atom. The van der Waals surface area contributed by atoms with Gasteiger partial charge in [0.2, 0.25) is 5.91 Å². The van der Waals surface area contributed by atoms with Gasteiger partial charge in [0.25, 0.3) is 0 Å². The van der Waals surface area contributed by atoms with Gasteiger partial charge < -0.3 is 4.90 Å². The zero-order valence-corrected chi connectivity index (χ0v) is 15.0. The molecule has 0 saturated carbocycles. The second-order valence-electron chi connectivity index (χ2n) is 5.01. The topological polar surface area (TPSA) is 20.3 Å². The first-order valence-electron chi connectivity index (χ1n) is 6.77. The summed E-state index contributed by atoms with van der Waals surface area (Å²) >= 11 is 6.86. The van der Waals surface area contributed by atoms with E-state index in [4.69, 9.17) is 0 Å². The normalized spacial score (nSPS) is 10.4. The molecule has 2 nitrogen and oxygen atoms in total. The molecule has 0 bridgehead atoms. The van der Waals surface area contributed by atoms with Crippen molar-refractivity contribution in [2.45, 2.75) is 19.4 Å². The maximum Gasteiger partial charge on any atom is 0.222 e. The Labute approximate surface area is 142 Å². The minimum atomic E-state index is 0.165. The van der Waals surface area contributed by atoms with Crippen molar-refractivity contribution in [3.05, 3.63) is 68.6 Å². The van der Waals surface area contributed by atoms with Crippen LogP contribution in [0.25, 0.3) is 0 Å². The molecule has 0 spiro atoms. The summed E-state index contributed by atoms with van der Waals surface area (Å²) in [5, 5.41) is 0. The van der Waals surface area contributed by atoms with E-state index < -0.39 is 0 Å². The first kappa shape index (κ1) is 16.2. The second-order valence-corrected chi connectivity index (χ2v) is 6.84. The number of carbonyl (C=O) groups is 1. The molecule has 0 radical (unpaired) electrons. The van der Waals surface area contributed by atoms with Gasteiger partial charge in [-0.05, 0) is 41.8 Å². The average Bonchev–Trinajstić information content (AvgIpc) is 2.47. The Kier molecular flexibility index (Phi) is 6.00. The lowest BCUT2D eigenvalue weighted by Crippen LogP contribution is -2.26. The Balaban J connectivity index is 1.86. The summed E-state index contributed by atoms with van der Waals surface area (Å²) in [6.07, 6.45) is 1.30. The highest BCUT2D eigenvalue weighted by Gasteiger charge is 2.09. The number of rotatable bonds is 5. The van der Waals surface area contributed by atoms with Crippen LogP contribution < -0.4 is 0 Å². The van der Waals surface area contributed by atoms with Crippen LogP contribution in [0.2, 0.25) is 0 Å². The van der Waals surface area contributed by atoms with Crippen LogP contribution in [0.3, 0.4) is 0 Å². The quantitative estimate of drug-likeness (QED) is 0.692. The summed E-state index contributed by atoms with van der Waals surface area (Å²) in [7, 11) is 1.85. The molecule has 4 heteroatoms. The third-order valence-electron chi connectivity index (χ3n) is 3.28. The van der Waals surface area contributed by atoms with Crippen LogP contribution >= 0.6 is 31.9 Å². The Morgan fingerprint density at radius 3 is 2.38 bits per heavy atom. The smallest absolute Gasteiger partial charge is 0.222 e. The van der Waals surface area contributed by atoms with Crippen LogP contribution in [0.5, 0.6) is 0 Å². The van der Waals surface area contributed by atoms with E-state index in [2.05, 4.69) is 37.9 Å². The molecule has 2 aromatic carbocycles. The maximum absolute atomic E-state index is 12.2. The standard InChI is InChI=1S/C17H17Br2NO/c1-20(12-14-5-8-15(18)9-6-14)17(21)10-7-13-3-2-4-16(19)11-13/h2-6,8-9,11H,7,10,12H2,1H3. The number of carbonyl (C=O) groups excluding carboxylic acids is 1. The lowest BCUT2D eigenvalue weighted by Gasteiger charge is -2.17. The van der Waals surface area contributed by atoms with Crippen molar-refractivity contribution in [3.63, 3.8) is 0 Å². The fourth-order valence-electron chi connectivity index (χ4n) is 2.09. The van der Waals surface area contributed by atoms with Crippen LogP contribution in [0.15, 0.2) is 57.5 Å². The first-order chi connectivity index (χ1) is 10.0. The molecule has 0 heterocycles. The van der Waals surface area contributed by atoms with E-state index in [0.717, 1.165) is 20.9 Å². The minimum Gasteiger partial charge on any atom is -0.341 e. The summed E-state index contributed by atoms with van der Waals surface area (Å²) in [5.41, 5.74) is 2.31. The number of nitrogens with zero attached hydrogens (tertiary/aromatic N) is 1. The maximum atomic E-state index is 12.2. The van der Waals surface area contributed by atoms with Gasteiger partial charge in [0.05, 0.1) is 0 Å².